The fourth-order valence-electron chi connectivity index (χ4n) is 3.19. The number of rotatable bonds is 8. The number of oxime groups is 1. The van der Waals surface area contributed by atoms with Crippen LogP contribution >= 0.6 is 23.2 Å². The zero-order valence-corrected chi connectivity index (χ0v) is 18.2. The molecule has 1 aliphatic rings. The fraction of sp³-hybridized carbons (Fsp3) is 0.318. The summed E-state index contributed by atoms with van der Waals surface area (Å²) in [4.78, 5) is 5.30. The zero-order chi connectivity index (χ0) is 23.1. The van der Waals surface area contributed by atoms with Gasteiger partial charge in [-0.3, -0.25) is 0 Å². The van der Waals surface area contributed by atoms with Gasteiger partial charge in [-0.2, -0.15) is 13.2 Å². The van der Waals surface area contributed by atoms with Gasteiger partial charge in [0, 0.05) is 11.1 Å². The zero-order valence-electron chi connectivity index (χ0n) is 16.7. The predicted molar refractivity (Wildman–Crippen MR) is 114 cm³/mol. The molecule has 0 unspecified atom stereocenters. The number of halogens is 6. The van der Waals surface area contributed by atoms with E-state index in [-0.39, 0.29) is 30.1 Å². The first-order chi connectivity index (χ1) is 15.3. The van der Waals surface area contributed by atoms with Gasteiger partial charge in [-0.15, -0.1) is 0 Å². The average Bonchev–Trinajstić information content (AvgIpc) is 2.74. The first-order valence-corrected chi connectivity index (χ1v) is 10.5. The molecule has 0 radical (unpaired) electrons. The van der Waals surface area contributed by atoms with E-state index in [9.17, 15) is 17.6 Å². The first-order valence-electron chi connectivity index (χ1n) is 9.70. The molecular formula is C22H19Cl2F4NO3. The van der Waals surface area contributed by atoms with Crippen LogP contribution in [0.4, 0.5) is 17.6 Å². The van der Waals surface area contributed by atoms with Crippen LogP contribution in [-0.4, -0.2) is 25.5 Å². The van der Waals surface area contributed by atoms with Gasteiger partial charge in [0.15, 0.2) is 18.2 Å². The Morgan fingerprint density at radius 1 is 1.03 bits per heavy atom. The lowest BCUT2D eigenvalue weighted by molar-refractivity contribution is -0.137. The number of fused-ring (bicyclic) bond motifs is 1. The van der Waals surface area contributed by atoms with Gasteiger partial charge in [0.25, 0.3) is 0 Å². The topological polar surface area (TPSA) is 40.0 Å². The van der Waals surface area contributed by atoms with Gasteiger partial charge in [-0.05, 0) is 49.6 Å². The van der Waals surface area contributed by atoms with Crippen molar-refractivity contribution in [1.29, 1.82) is 0 Å². The number of hydrogen-bond donors (Lipinski definition) is 0. The average molecular weight is 492 g/mol. The highest BCUT2D eigenvalue weighted by Crippen LogP contribution is 2.32. The van der Waals surface area contributed by atoms with E-state index in [4.69, 9.17) is 37.5 Å². The van der Waals surface area contributed by atoms with Gasteiger partial charge < -0.3 is 14.3 Å². The van der Waals surface area contributed by atoms with Crippen LogP contribution in [0.5, 0.6) is 11.5 Å². The van der Waals surface area contributed by atoms with E-state index in [1.54, 1.807) is 6.08 Å². The third-order valence-corrected chi connectivity index (χ3v) is 4.94. The lowest BCUT2D eigenvalue weighted by Crippen LogP contribution is -2.15. The first kappa shape index (κ1) is 24.2. The Hall–Kier alpha value is -2.45. The summed E-state index contributed by atoms with van der Waals surface area (Å²) in [5.74, 6) is -0.669. The van der Waals surface area contributed by atoms with Crippen LogP contribution in [0.15, 0.2) is 52.1 Å². The summed E-state index contributed by atoms with van der Waals surface area (Å²) in [5, 5.41) is 4.16. The molecule has 0 amide bonds. The minimum atomic E-state index is -4.62. The Labute approximate surface area is 192 Å². The van der Waals surface area contributed by atoms with Crippen molar-refractivity contribution >= 4 is 28.9 Å². The third kappa shape index (κ3) is 6.53. The van der Waals surface area contributed by atoms with Crippen molar-refractivity contribution in [3.63, 3.8) is 0 Å². The van der Waals surface area contributed by atoms with Crippen molar-refractivity contribution in [3.8, 4) is 11.5 Å². The van der Waals surface area contributed by atoms with E-state index in [0.29, 0.717) is 18.2 Å². The number of hydrogen-bond acceptors (Lipinski definition) is 4. The van der Waals surface area contributed by atoms with Crippen molar-refractivity contribution in [2.75, 3.05) is 19.8 Å². The minimum absolute atomic E-state index is 0.00545. The number of nitrogens with zero attached hydrogens (tertiary/aromatic N) is 1. The molecule has 0 N–H and O–H groups in total. The highest BCUT2D eigenvalue weighted by atomic mass is 35.5. The molecule has 0 heterocycles. The monoisotopic (exact) mass is 491 g/mol. The summed E-state index contributed by atoms with van der Waals surface area (Å²) >= 11 is 11.2. The van der Waals surface area contributed by atoms with E-state index >= 15 is 0 Å². The van der Waals surface area contributed by atoms with Crippen LogP contribution in [0.3, 0.4) is 0 Å². The third-order valence-electron chi connectivity index (χ3n) is 4.63. The van der Waals surface area contributed by atoms with Crippen LogP contribution in [0.1, 0.15) is 29.5 Å². The minimum Gasteiger partial charge on any atom is -0.489 e. The second-order valence-electron chi connectivity index (χ2n) is 6.80. The lowest BCUT2D eigenvalue weighted by Gasteiger charge is -2.20. The summed E-state index contributed by atoms with van der Waals surface area (Å²) in [6.07, 6.45) is -0.692. The molecule has 3 rings (SSSR count). The Bertz CT molecular complexity index is 1010. The van der Waals surface area contributed by atoms with Crippen molar-refractivity contribution in [3.05, 3.63) is 69.5 Å². The second kappa shape index (κ2) is 10.9. The van der Waals surface area contributed by atoms with E-state index in [1.807, 2.05) is 18.2 Å². The summed E-state index contributed by atoms with van der Waals surface area (Å²) < 4.78 is 62.6. The van der Waals surface area contributed by atoms with Gasteiger partial charge in [0.2, 0.25) is 0 Å². The van der Waals surface area contributed by atoms with Crippen LogP contribution in [0, 0.1) is 5.82 Å². The van der Waals surface area contributed by atoms with Gasteiger partial charge in [0.05, 0.1) is 11.3 Å². The van der Waals surface area contributed by atoms with Crippen molar-refractivity contribution in [2.24, 2.45) is 5.16 Å². The molecule has 32 heavy (non-hydrogen) atoms. The second-order valence-corrected chi connectivity index (χ2v) is 7.81. The molecule has 0 fully saturated rings. The molecule has 1 aliphatic carbocycles. The molecule has 0 saturated carbocycles. The number of ether oxygens (including phenoxy) is 2. The molecule has 0 saturated heterocycles. The van der Waals surface area contributed by atoms with Crippen molar-refractivity contribution in [2.45, 2.75) is 25.4 Å². The summed E-state index contributed by atoms with van der Waals surface area (Å²) in [7, 11) is 0. The highest BCUT2D eigenvalue weighted by molar-refractivity contribution is 6.55. The maximum atomic E-state index is 13.8. The quantitative estimate of drug-likeness (QED) is 0.235. The van der Waals surface area contributed by atoms with Gasteiger partial charge >= 0.3 is 6.18 Å². The van der Waals surface area contributed by atoms with Gasteiger partial charge in [-0.25, -0.2) is 4.39 Å². The molecule has 172 valence electrons. The lowest BCUT2D eigenvalue weighted by atomic mass is 9.89. The fourth-order valence-corrected chi connectivity index (χ4v) is 3.32. The number of benzene rings is 2. The normalized spacial score (nSPS) is 14.6. The molecule has 0 bridgehead atoms. The Kier molecular flexibility index (Phi) is 8.26. The van der Waals surface area contributed by atoms with Crippen LogP contribution in [0.25, 0.3) is 0 Å². The molecule has 0 aliphatic heterocycles. The maximum Gasteiger partial charge on any atom is 0.416 e. The smallest absolute Gasteiger partial charge is 0.416 e. The molecule has 10 heteroatoms. The van der Waals surface area contributed by atoms with E-state index in [0.717, 1.165) is 41.8 Å². The molecule has 0 aromatic heterocycles. The summed E-state index contributed by atoms with van der Waals surface area (Å²) in [5.41, 5.74) is 1.57. The largest absolute Gasteiger partial charge is 0.489 e. The van der Waals surface area contributed by atoms with Crippen LogP contribution in [0.2, 0.25) is 0 Å². The van der Waals surface area contributed by atoms with Gasteiger partial charge in [0.1, 0.15) is 23.5 Å². The molecule has 2 aromatic rings. The maximum absolute atomic E-state index is 13.8. The van der Waals surface area contributed by atoms with Crippen molar-refractivity contribution < 1.29 is 31.9 Å². The summed E-state index contributed by atoms with van der Waals surface area (Å²) in [6, 6.07) is 7.71. The van der Waals surface area contributed by atoms with E-state index < -0.39 is 17.6 Å². The SMILES string of the molecule is Fc1cc(C(F)(F)F)ccc1OCCO/N=C1\CCCc2c(OCC=C(Cl)Cl)cccc21. The van der Waals surface area contributed by atoms with E-state index in [2.05, 4.69) is 5.16 Å². The van der Waals surface area contributed by atoms with Crippen LogP contribution in [-0.2, 0) is 17.4 Å². The predicted octanol–water partition coefficient (Wildman–Crippen LogP) is 6.68. The molecule has 4 nitrogen and oxygen atoms in total. The molecular weight excluding hydrogens is 473 g/mol. The standard InChI is InChI=1S/C22H19Cl2F4NO3/c23-21(24)9-10-30-19-6-2-3-15-16(19)4-1-5-18(15)29-32-12-11-31-20-8-7-14(13-17(20)25)22(26,27)28/h2-3,6-9,13H,1,4-5,10-12H2/b29-18+. The number of alkyl halides is 3. The molecule has 2 aromatic carbocycles. The van der Waals surface area contributed by atoms with Gasteiger partial charge in [-0.1, -0.05) is 40.5 Å². The Morgan fingerprint density at radius 3 is 2.56 bits per heavy atom. The summed E-state index contributed by atoms with van der Waals surface area (Å²) in [6.45, 7) is 0.148. The highest BCUT2D eigenvalue weighted by Gasteiger charge is 2.31. The molecule has 0 spiro atoms. The van der Waals surface area contributed by atoms with Crippen molar-refractivity contribution in [1.82, 2.24) is 0 Å². The van der Waals surface area contributed by atoms with E-state index in [1.165, 1.54) is 0 Å². The Morgan fingerprint density at radius 2 is 1.84 bits per heavy atom. The Balaban J connectivity index is 1.57. The molecule has 0 atom stereocenters. The van der Waals surface area contributed by atoms with Crippen LogP contribution < -0.4 is 9.47 Å².